The van der Waals surface area contributed by atoms with Crippen LogP contribution in [0.3, 0.4) is 0 Å². The maximum atomic E-state index is 10.4. The third kappa shape index (κ3) is 2.49. The monoisotopic (exact) mass is 249 g/mol. The molecule has 6 nitrogen and oxygen atoms in total. The fraction of sp³-hybridized carbons (Fsp3) is 0.500. The van der Waals surface area contributed by atoms with E-state index >= 15 is 0 Å². The van der Waals surface area contributed by atoms with Crippen LogP contribution in [0.1, 0.15) is 12.6 Å². The molecule has 1 aromatic heterocycles. The van der Waals surface area contributed by atoms with Gasteiger partial charge >= 0.3 is 5.82 Å². The summed E-state index contributed by atoms with van der Waals surface area (Å²) >= 11 is 3.02. The van der Waals surface area contributed by atoms with Gasteiger partial charge in [-0.25, -0.2) is 0 Å². The van der Waals surface area contributed by atoms with E-state index < -0.39 is 4.92 Å². The summed E-state index contributed by atoms with van der Waals surface area (Å²) in [6.07, 6.45) is 0. The Morgan fingerprint density at radius 1 is 1.77 bits per heavy atom. The van der Waals surface area contributed by atoms with Gasteiger partial charge in [0.1, 0.15) is 5.69 Å². The zero-order valence-electron chi connectivity index (χ0n) is 6.91. The van der Waals surface area contributed by atoms with Crippen molar-refractivity contribution < 1.29 is 9.66 Å². The molecule has 1 heterocycles. The van der Waals surface area contributed by atoms with Crippen LogP contribution in [0.4, 0.5) is 5.82 Å². The summed E-state index contributed by atoms with van der Waals surface area (Å²) in [6, 6.07) is 0. The Balaban J connectivity index is 2.84. The molecule has 0 unspecified atom stereocenters. The molecule has 1 N–H and O–H groups in total. The van der Waals surface area contributed by atoms with Crippen molar-refractivity contribution in [3.05, 3.63) is 20.5 Å². The number of aromatic nitrogens is 2. The fourth-order valence-corrected chi connectivity index (χ4v) is 1.23. The van der Waals surface area contributed by atoms with Crippen molar-refractivity contribution in [3.63, 3.8) is 0 Å². The van der Waals surface area contributed by atoms with Gasteiger partial charge in [-0.15, -0.1) is 0 Å². The summed E-state index contributed by atoms with van der Waals surface area (Å²) in [6.45, 7) is 2.50. The van der Waals surface area contributed by atoms with E-state index in [0.717, 1.165) is 0 Å². The van der Waals surface area contributed by atoms with E-state index in [9.17, 15) is 10.1 Å². The van der Waals surface area contributed by atoms with Gasteiger partial charge < -0.3 is 19.8 Å². The molecule has 0 aliphatic carbocycles. The summed E-state index contributed by atoms with van der Waals surface area (Å²) in [5.74, 6) is -0.194. The molecule has 72 valence electrons. The van der Waals surface area contributed by atoms with Crippen LogP contribution >= 0.6 is 15.9 Å². The van der Waals surface area contributed by atoms with Crippen molar-refractivity contribution in [1.82, 2.24) is 9.97 Å². The highest BCUT2D eigenvalue weighted by atomic mass is 79.9. The molecule has 1 rings (SSSR count). The zero-order chi connectivity index (χ0) is 9.84. The highest BCUT2D eigenvalue weighted by Crippen LogP contribution is 2.18. The molecule has 0 aliphatic heterocycles. The lowest BCUT2D eigenvalue weighted by Crippen LogP contribution is -1.97. The number of ether oxygens (including phenoxy) is 1. The Morgan fingerprint density at radius 3 is 3.00 bits per heavy atom. The van der Waals surface area contributed by atoms with Crippen molar-refractivity contribution in [2.75, 3.05) is 6.61 Å². The Hall–Kier alpha value is -0.950. The van der Waals surface area contributed by atoms with E-state index in [1.165, 1.54) is 0 Å². The molecule has 0 saturated carbocycles. The first kappa shape index (κ1) is 10.1. The molecule has 0 atom stereocenters. The Kier molecular flexibility index (Phi) is 3.38. The number of hydrogen-bond acceptors (Lipinski definition) is 4. The highest BCUT2D eigenvalue weighted by molar-refractivity contribution is 9.10. The standard InChI is InChI=1S/C6H8BrN3O3/c1-2-13-3-4-5(10(11)12)9-6(7)8-4/h2-3H2,1H3,(H,8,9). The van der Waals surface area contributed by atoms with E-state index in [2.05, 4.69) is 25.9 Å². The van der Waals surface area contributed by atoms with Gasteiger partial charge in [-0.1, -0.05) is 0 Å². The summed E-state index contributed by atoms with van der Waals surface area (Å²) in [7, 11) is 0. The molecule has 13 heavy (non-hydrogen) atoms. The topological polar surface area (TPSA) is 81.0 Å². The lowest BCUT2D eigenvalue weighted by molar-refractivity contribution is -0.390. The lowest BCUT2D eigenvalue weighted by atomic mass is 10.5. The van der Waals surface area contributed by atoms with Crippen molar-refractivity contribution >= 4 is 21.7 Å². The molecule has 0 saturated heterocycles. The van der Waals surface area contributed by atoms with Crippen LogP contribution in [-0.2, 0) is 11.3 Å². The minimum Gasteiger partial charge on any atom is -0.375 e. The average Bonchev–Trinajstić information content (AvgIpc) is 2.43. The van der Waals surface area contributed by atoms with Crippen molar-refractivity contribution in [2.45, 2.75) is 13.5 Å². The Bertz CT molecular complexity index is 312. The van der Waals surface area contributed by atoms with Crippen molar-refractivity contribution in [1.29, 1.82) is 0 Å². The normalized spacial score (nSPS) is 10.3. The maximum absolute atomic E-state index is 10.4. The van der Waals surface area contributed by atoms with E-state index in [0.29, 0.717) is 17.0 Å². The molecule has 1 aromatic rings. The molecule has 0 aromatic carbocycles. The molecular weight excluding hydrogens is 242 g/mol. The maximum Gasteiger partial charge on any atom is 0.388 e. The van der Waals surface area contributed by atoms with Gasteiger partial charge in [0, 0.05) is 22.5 Å². The van der Waals surface area contributed by atoms with E-state index in [4.69, 9.17) is 4.74 Å². The fourth-order valence-electron chi connectivity index (χ4n) is 0.825. The second-order valence-electron chi connectivity index (χ2n) is 2.22. The second-order valence-corrected chi connectivity index (χ2v) is 2.98. The zero-order valence-corrected chi connectivity index (χ0v) is 8.50. The number of rotatable bonds is 4. The van der Waals surface area contributed by atoms with Gasteiger partial charge in [-0.05, 0) is 16.8 Å². The highest BCUT2D eigenvalue weighted by Gasteiger charge is 2.20. The number of nitrogens with zero attached hydrogens (tertiary/aromatic N) is 2. The SMILES string of the molecule is CCOCc1[nH]c(Br)nc1[N+](=O)[O-]. The number of halogens is 1. The van der Waals surface area contributed by atoms with Gasteiger partial charge in [-0.2, -0.15) is 0 Å². The quantitative estimate of drug-likeness (QED) is 0.650. The van der Waals surface area contributed by atoms with Crippen molar-refractivity contribution in [3.8, 4) is 0 Å². The summed E-state index contributed by atoms with van der Waals surface area (Å²) in [5.41, 5.74) is 0.374. The molecule has 7 heteroatoms. The minimum atomic E-state index is -0.546. The van der Waals surface area contributed by atoms with Crippen molar-refractivity contribution in [2.24, 2.45) is 0 Å². The Morgan fingerprint density at radius 2 is 2.46 bits per heavy atom. The van der Waals surface area contributed by atoms with Crippen LogP contribution < -0.4 is 0 Å². The van der Waals surface area contributed by atoms with Crippen LogP contribution in [0.5, 0.6) is 0 Å². The van der Waals surface area contributed by atoms with E-state index in [-0.39, 0.29) is 12.4 Å². The number of H-pyrrole nitrogens is 1. The van der Waals surface area contributed by atoms with Crippen LogP contribution in [-0.4, -0.2) is 21.5 Å². The first-order chi connectivity index (χ1) is 6.15. The second kappa shape index (κ2) is 4.33. The van der Waals surface area contributed by atoms with E-state index in [1.54, 1.807) is 0 Å². The smallest absolute Gasteiger partial charge is 0.375 e. The molecule has 0 spiro atoms. The van der Waals surface area contributed by atoms with Crippen LogP contribution in [0, 0.1) is 10.1 Å². The first-order valence-corrected chi connectivity index (χ1v) is 4.41. The first-order valence-electron chi connectivity index (χ1n) is 3.61. The summed E-state index contributed by atoms with van der Waals surface area (Å²) < 4.78 is 5.37. The predicted molar refractivity (Wildman–Crippen MR) is 48.3 cm³/mol. The van der Waals surface area contributed by atoms with Gasteiger partial charge in [-0.3, -0.25) is 0 Å². The molecular formula is C6H8BrN3O3. The molecule has 0 radical (unpaired) electrons. The molecule has 0 fully saturated rings. The largest absolute Gasteiger partial charge is 0.388 e. The number of imidazole rings is 1. The van der Waals surface area contributed by atoms with Crippen LogP contribution in [0.15, 0.2) is 4.73 Å². The third-order valence-corrected chi connectivity index (χ3v) is 1.73. The van der Waals surface area contributed by atoms with E-state index in [1.807, 2.05) is 6.92 Å². The lowest BCUT2D eigenvalue weighted by Gasteiger charge is -1.96. The molecule has 0 amide bonds. The summed E-state index contributed by atoms with van der Waals surface area (Å²) in [4.78, 5) is 16.2. The Labute approximate surface area is 82.6 Å². The minimum absolute atomic E-state index is 0.172. The van der Waals surface area contributed by atoms with Gasteiger partial charge in [0.25, 0.3) is 4.73 Å². The van der Waals surface area contributed by atoms with Crippen LogP contribution in [0.2, 0.25) is 0 Å². The molecule has 0 aliphatic rings. The molecule has 0 bridgehead atoms. The number of aromatic amines is 1. The van der Waals surface area contributed by atoms with Gasteiger partial charge in [0.05, 0.1) is 6.61 Å². The number of nitro groups is 1. The number of nitrogens with one attached hydrogen (secondary N) is 1. The number of hydrogen-bond donors (Lipinski definition) is 1. The third-order valence-electron chi connectivity index (χ3n) is 1.35. The average molecular weight is 250 g/mol. The predicted octanol–water partition coefficient (Wildman–Crippen LogP) is 1.62. The van der Waals surface area contributed by atoms with Crippen LogP contribution in [0.25, 0.3) is 0 Å². The van der Waals surface area contributed by atoms with Gasteiger partial charge in [0.2, 0.25) is 0 Å². The summed E-state index contributed by atoms with van der Waals surface area (Å²) in [5, 5.41) is 10.4. The van der Waals surface area contributed by atoms with Gasteiger partial charge in [0.15, 0.2) is 0 Å².